The number of benzene rings is 1. The molecule has 1 atom stereocenters. The predicted octanol–water partition coefficient (Wildman–Crippen LogP) is 3.71. The molecule has 1 fully saturated rings. The topological polar surface area (TPSA) is 49.4 Å². The van der Waals surface area contributed by atoms with Gasteiger partial charge in [0.15, 0.2) is 5.78 Å². The molecule has 1 aliphatic rings. The molecular weight excluding hydrogens is 288 g/mol. The van der Waals surface area contributed by atoms with Crippen molar-refractivity contribution < 1.29 is 9.59 Å². The molecule has 0 bridgehead atoms. The molecular formula is C19H28N2O2. The molecule has 2 rings (SSSR count). The van der Waals surface area contributed by atoms with Crippen LogP contribution in [0.3, 0.4) is 0 Å². The minimum atomic E-state index is -0.323. The van der Waals surface area contributed by atoms with Crippen LogP contribution < -0.4 is 5.32 Å². The lowest BCUT2D eigenvalue weighted by molar-refractivity contribution is 0.0887. The van der Waals surface area contributed by atoms with Gasteiger partial charge in [0, 0.05) is 18.7 Å². The van der Waals surface area contributed by atoms with Gasteiger partial charge in [-0.2, -0.15) is 0 Å². The van der Waals surface area contributed by atoms with Gasteiger partial charge >= 0.3 is 6.03 Å². The quantitative estimate of drug-likeness (QED) is 0.842. The van der Waals surface area contributed by atoms with Crippen molar-refractivity contribution >= 4 is 11.8 Å². The van der Waals surface area contributed by atoms with Gasteiger partial charge in [-0.05, 0) is 56.2 Å². The van der Waals surface area contributed by atoms with Crippen molar-refractivity contribution in [2.24, 2.45) is 5.92 Å². The number of likely N-dealkylation sites (tertiary alicyclic amines) is 1. The first-order chi connectivity index (χ1) is 10.9. The molecule has 2 amide bonds. The molecule has 0 spiro atoms. The summed E-state index contributed by atoms with van der Waals surface area (Å²) in [5.74, 6) is 0.617. The Labute approximate surface area is 139 Å². The fraction of sp³-hybridized carbons (Fsp3) is 0.579. The van der Waals surface area contributed by atoms with E-state index in [1.165, 1.54) is 5.56 Å². The standard InChI is InChI=1S/C19H28N2O2/c1-13(2)9-10-20-19(23)21-11-5-6-17(21)18(22)16-8-7-14(3)15(4)12-16/h7-8,12-13,17H,5-6,9-11H2,1-4H3,(H,20,23). The van der Waals surface area contributed by atoms with E-state index in [1.54, 1.807) is 4.90 Å². The molecule has 0 aliphatic carbocycles. The molecule has 4 nitrogen and oxygen atoms in total. The van der Waals surface area contributed by atoms with E-state index in [2.05, 4.69) is 19.2 Å². The predicted molar refractivity (Wildman–Crippen MR) is 92.8 cm³/mol. The molecule has 0 aromatic heterocycles. The van der Waals surface area contributed by atoms with Gasteiger partial charge in [-0.3, -0.25) is 4.79 Å². The molecule has 1 heterocycles. The molecule has 1 aromatic carbocycles. The van der Waals surface area contributed by atoms with Crippen LogP contribution in [0.1, 0.15) is 54.6 Å². The van der Waals surface area contributed by atoms with E-state index >= 15 is 0 Å². The van der Waals surface area contributed by atoms with E-state index in [4.69, 9.17) is 0 Å². The number of nitrogens with zero attached hydrogens (tertiary/aromatic N) is 1. The van der Waals surface area contributed by atoms with Crippen molar-refractivity contribution in [3.05, 3.63) is 34.9 Å². The number of rotatable bonds is 5. The molecule has 0 radical (unpaired) electrons. The highest BCUT2D eigenvalue weighted by Gasteiger charge is 2.34. The van der Waals surface area contributed by atoms with Crippen LogP contribution in [-0.4, -0.2) is 35.8 Å². The summed E-state index contributed by atoms with van der Waals surface area (Å²) in [5, 5.41) is 2.95. The first-order valence-electron chi connectivity index (χ1n) is 8.56. The Bertz CT molecular complexity index is 581. The van der Waals surface area contributed by atoms with Gasteiger partial charge < -0.3 is 10.2 Å². The first-order valence-corrected chi connectivity index (χ1v) is 8.56. The third-order valence-corrected chi connectivity index (χ3v) is 4.61. The summed E-state index contributed by atoms with van der Waals surface area (Å²) >= 11 is 0. The lowest BCUT2D eigenvalue weighted by atomic mass is 9.98. The number of aryl methyl sites for hydroxylation is 2. The highest BCUT2D eigenvalue weighted by atomic mass is 16.2. The normalized spacial score (nSPS) is 17.6. The second-order valence-corrected chi connectivity index (χ2v) is 6.93. The lowest BCUT2D eigenvalue weighted by Gasteiger charge is -2.24. The van der Waals surface area contributed by atoms with Crippen molar-refractivity contribution in [1.82, 2.24) is 10.2 Å². The fourth-order valence-electron chi connectivity index (χ4n) is 2.94. The smallest absolute Gasteiger partial charge is 0.318 e. The maximum absolute atomic E-state index is 12.8. The second kappa shape index (κ2) is 7.62. The minimum absolute atomic E-state index is 0.0598. The van der Waals surface area contributed by atoms with E-state index < -0.39 is 0 Å². The Kier molecular flexibility index (Phi) is 5.80. The zero-order chi connectivity index (χ0) is 17.0. The summed E-state index contributed by atoms with van der Waals surface area (Å²) in [5.41, 5.74) is 3.00. The molecule has 126 valence electrons. The van der Waals surface area contributed by atoms with E-state index in [0.29, 0.717) is 24.6 Å². The second-order valence-electron chi connectivity index (χ2n) is 6.93. The molecule has 1 aromatic rings. The average Bonchev–Trinajstić information content (AvgIpc) is 2.98. The molecule has 23 heavy (non-hydrogen) atoms. The average molecular weight is 316 g/mol. The van der Waals surface area contributed by atoms with Gasteiger partial charge in [0.05, 0.1) is 6.04 Å². The van der Waals surface area contributed by atoms with Crippen molar-refractivity contribution in [2.45, 2.75) is 53.0 Å². The summed E-state index contributed by atoms with van der Waals surface area (Å²) < 4.78 is 0. The van der Waals surface area contributed by atoms with Crippen molar-refractivity contribution in [1.29, 1.82) is 0 Å². The third-order valence-electron chi connectivity index (χ3n) is 4.61. The monoisotopic (exact) mass is 316 g/mol. The summed E-state index contributed by atoms with van der Waals surface area (Å²) in [6.07, 6.45) is 2.59. The Balaban J connectivity index is 2.04. The highest BCUT2D eigenvalue weighted by molar-refractivity contribution is 6.02. The molecule has 4 heteroatoms. The van der Waals surface area contributed by atoms with Crippen LogP contribution in [0, 0.1) is 19.8 Å². The Morgan fingerprint density at radius 2 is 2.00 bits per heavy atom. The van der Waals surface area contributed by atoms with Crippen LogP contribution in [0.25, 0.3) is 0 Å². The van der Waals surface area contributed by atoms with Crippen molar-refractivity contribution in [2.75, 3.05) is 13.1 Å². The Morgan fingerprint density at radius 1 is 1.26 bits per heavy atom. The van der Waals surface area contributed by atoms with Crippen LogP contribution in [-0.2, 0) is 0 Å². The van der Waals surface area contributed by atoms with Gasteiger partial charge in [-0.25, -0.2) is 4.79 Å². The van der Waals surface area contributed by atoms with E-state index in [-0.39, 0.29) is 17.9 Å². The maximum Gasteiger partial charge on any atom is 0.318 e. The Hall–Kier alpha value is -1.84. The number of hydrogen-bond acceptors (Lipinski definition) is 2. The lowest BCUT2D eigenvalue weighted by Crippen LogP contribution is -2.46. The summed E-state index contributed by atoms with van der Waals surface area (Å²) in [6, 6.07) is 5.36. The van der Waals surface area contributed by atoms with Crippen LogP contribution in [0.5, 0.6) is 0 Å². The van der Waals surface area contributed by atoms with E-state index in [1.807, 2.05) is 32.0 Å². The number of carbonyl (C=O) groups is 2. The molecule has 0 saturated carbocycles. The number of nitrogens with one attached hydrogen (secondary N) is 1. The number of urea groups is 1. The van der Waals surface area contributed by atoms with Gasteiger partial charge in [0.1, 0.15) is 0 Å². The van der Waals surface area contributed by atoms with Crippen LogP contribution in [0.15, 0.2) is 18.2 Å². The Morgan fingerprint density at radius 3 is 2.65 bits per heavy atom. The fourth-order valence-corrected chi connectivity index (χ4v) is 2.94. The van der Waals surface area contributed by atoms with E-state index in [0.717, 1.165) is 24.8 Å². The number of carbonyl (C=O) groups excluding carboxylic acids is 2. The SMILES string of the molecule is Cc1ccc(C(=O)C2CCCN2C(=O)NCCC(C)C)cc1C. The molecule has 1 N–H and O–H groups in total. The first kappa shape index (κ1) is 17.5. The maximum atomic E-state index is 12.8. The van der Waals surface area contributed by atoms with Gasteiger partial charge in [-0.15, -0.1) is 0 Å². The number of ketones is 1. The van der Waals surface area contributed by atoms with Gasteiger partial charge in [-0.1, -0.05) is 26.0 Å². The third kappa shape index (κ3) is 4.34. The summed E-state index contributed by atoms with van der Waals surface area (Å²) in [7, 11) is 0. The zero-order valence-electron chi connectivity index (χ0n) is 14.7. The zero-order valence-corrected chi connectivity index (χ0v) is 14.7. The summed E-state index contributed by atoms with van der Waals surface area (Å²) in [4.78, 5) is 26.8. The summed E-state index contributed by atoms with van der Waals surface area (Å²) in [6.45, 7) is 9.64. The number of amides is 2. The van der Waals surface area contributed by atoms with E-state index in [9.17, 15) is 9.59 Å². The van der Waals surface area contributed by atoms with Crippen molar-refractivity contribution in [3.63, 3.8) is 0 Å². The highest BCUT2D eigenvalue weighted by Crippen LogP contribution is 2.22. The minimum Gasteiger partial charge on any atom is -0.338 e. The largest absolute Gasteiger partial charge is 0.338 e. The number of Topliss-reactive ketones (excluding diaryl/α,β-unsaturated/α-hetero) is 1. The van der Waals surface area contributed by atoms with Crippen LogP contribution in [0.4, 0.5) is 4.79 Å². The van der Waals surface area contributed by atoms with Crippen molar-refractivity contribution in [3.8, 4) is 0 Å². The molecule has 1 unspecified atom stereocenters. The van der Waals surface area contributed by atoms with Crippen LogP contribution >= 0.6 is 0 Å². The van der Waals surface area contributed by atoms with Gasteiger partial charge in [0.2, 0.25) is 0 Å². The van der Waals surface area contributed by atoms with Gasteiger partial charge in [0.25, 0.3) is 0 Å². The molecule has 1 aliphatic heterocycles. The molecule has 1 saturated heterocycles. The van der Waals surface area contributed by atoms with Crippen LogP contribution in [0.2, 0.25) is 0 Å². The number of hydrogen-bond donors (Lipinski definition) is 1.